The van der Waals surface area contributed by atoms with E-state index in [9.17, 15) is 9.59 Å². The summed E-state index contributed by atoms with van der Waals surface area (Å²) in [6.45, 7) is 3.62. The van der Waals surface area contributed by atoms with E-state index >= 15 is 0 Å². The summed E-state index contributed by atoms with van der Waals surface area (Å²) in [5.41, 5.74) is -0.543. The fourth-order valence-corrected chi connectivity index (χ4v) is 2.60. The Morgan fingerprint density at radius 3 is 2.81 bits per heavy atom. The van der Waals surface area contributed by atoms with Crippen LogP contribution in [0.4, 0.5) is 0 Å². The molecule has 1 fully saturated rings. The Hall–Kier alpha value is -1.64. The Morgan fingerprint density at radius 1 is 1.48 bits per heavy atom. The van der Waals surface area contributed by atoms with E-state index in [1.54, 1.807) is 4.68 Å². The number of nitrogens with zero attached hydrogens (tertiary/aromatic N) is 4. The predicted octanol–water partition coefficient (Wildman–Crippen LogP) is 0.860. The summed E-state index contributed by atoms with van der Waals surface area (Å²) in [6, 6.07) is 0.373. The van der Waals surface area contributed by atoms with Crippen molar-refractivity contribution in [2.75, 3.05) is 5.75 Å². The standard InChI is InChI=1S/C12H19N5O3S/c1-12(2,6-5-10(19)20)13-9(18)7-21-11-14-15-16-17(11)8-3-4-8/h8H,3-7H2,1-2H3,(H,13,18)(H,19,20). The van der Waals surface area contributed by atoms with Crippen LogP contribution in [-0.2, 0) is 9.59 Å². The molecule has 1 heterocycles. The summed E-state index contributed by atoms with van der Waals surface area (Å²) in [4.78, 5) is 22.5. The Kier molecular flexibility index (Phi) is 4.81. The summed E-state index contributed by atoms with van der Waals surface area (Å²) >= 11 is 1.29. The van der Waals surface area contributed by atoms with Gasteiger partial charge >= 0.3 is 5.97 Å². The molecule has 1 aromatic heterocycles. The second kappa shape index (κ2) is 6.42. The van der Waals surface area contributed by atoms with Crippen LogP contribution >= 0.6 is 11.8 Å². The van der Waals surface area contributed by atoms with E-state index in [4.69, 9.17) is 5.11 Å². The molecule has 0 spiro atoms. The fourth-order valence-electron chi connectivity index (χ4n) is 1.85. The van der Waals surface area contributed by atoms with E-state index < -0.39 is 11.5 Å². The van der Waals surface area contributed by atoms with Gasteiger partial charge in [-0.15, -0.1) is 5.10 Å². The average molecular weight is 313 g/mol. The highest BCUT2D eigenvalue weighted by molar-refractivity contribution is 7.99. The Bertz CT molecular complexity index is 527. The summed E-state index contributed by atoms with van der Waals surface area (Å²) in [5.74, 6) is -0.806. The highest BCUT2D eigenvalue weighted by Crippen LogP contribution is 2.36. The smallest absolute Gasteiger partial charge is 0.303 e. The Labute approximate surface area is 126 Å². The predicted molar refractivity (Wildman–Crippen MR) is 75.9 cm³/mol. The van der Waals surface area contributed by atoms with Crippen LogP contribution < -0.4 is 5.32 Å². The lowest BCUT2D eigenvalue weighted by atomic mass is 9.98. The molecule has 0 aliphatic heterocycles. The van der Waals surface area contributed by atoms with Gasteiger partial charge in [-0.3, -0.25) is 9.59 Å². The molecule has 8 nitrogen and oxygen atoms in total. The Balaban J connectivity index is 1.78. The highest BCUT2D eigenvalue weighted by atomic mass is 32.2. The topological polar surface area (TPSA) is 110 Å². The SMILES string of the molecule is CC(C)(CCC(=O)O)NC(=O)CSc1nnnn1C1CC1. The van der Waals surface area contributed by atoms with Crippen molar-refractivity contribution in [3.8, 4) is 0 Å². The molecule has 0 unspecified atom stereocenters. The number of carbonyl (C=O) groups is 2. The number of hydrogen-bond donors (Lipinski definition) is 2. The molecule has 0 radical (unpaired) electrons. The quantitative estimate of drug-likeness (QED) is 0.685. The van der Waals surface area contributed by atoms with Crippen LogP contribution in [0.15, 0.2) is 5.16 Å². The summed E-state index contributed by atoms with van der Waals surface area (Å²) in [5, 5.41) is 23.6. The van der Waals surface area contributed by atoms with Crippen LogP contribution in [-0.4, -0.2) is 48.5 Å². The van der Waals surface area contributed by atoms with Crippen LogP contribution in [0.5, 0.6) is 0 Å². The van der Waals surface area contributed by atoms with Gasteiger partial charge in [0.1, 0.15) is 0 Å². The minimum Gasteiger partial charge on any atom is -0.481 e. The molecule has 21 heavy (non-hydrogen) atoms. The van der Waals surface area contributed by atoms with Gasteiger partial charge in [0, 0.05) is 12.0 Å². The van der Waals surface area contributed by atoms with Crippen molar-refractivity contribution in [1.29, 1.82) is 0 Å². The largest absolute Gasteiger partial charge is 0.481 e. The van der Waals surface area contributed by atoms with Crippen molar-refractivity contribution in [1.82, 2.24) is 25.5 Å². The lowest BCUT2D eigenvalue weighted by Crippen LogP contribution is -2.44. The number of carboxylic acid groups (broad SMARTS) is 1. The molecule has 2 N–H and O–H groups in total. The van der Waals surface area contributed by atoms with Gasteiger partial charge in [-0.1, -0.05) is 11.8 Å². The molecule has 9 heteroatoms. The highest BCUT2D eigenvalue weighted by Gasteiger charge is 2.28. The number of tetrazole rings is 1. The molecular weight excluding hydrogens is 294 g/mol. The third-order valence-corrected chi connectivity index (χ3v) is 4.06. The number of nitrogens with one attached hydrogen (secondary N) is 1. The van der Waals surface area contributed by atoms with Crippen molar-refractivity contribution >= 4 is 23.6 Å². The molecule has 2 rings (SSSR count). The second-order valence-electron chi connectivity index (χ2n) is 5.75. The number of thioether (sulfide) groups is 1. The van der Waals surface area contributed by atoms with Crippen LogP contribution in [0.3, 0.4) is 0 Å². The van der Waals surface area contributed by atoms with E-state index in [0.29, 0.717) is 17.6 Å². The number of carboxylic acids is 1. The van der Waals surface area contributed by atoms with Gasteiger partial charge in [0.15, 0.2) is 0 Å². The maximum Gasteiger partial charge on any atom is 0.303 e. The van der Waals surface area contributed by atoms with E-state index in [1.807, 2.05) is 13.8 Å². The van der Waals surface area contributed by atoms with Crippen LogP contribution in [0, 0.1) is 0 Å². The third kappa shape index (κ3) is 5.00. The van der Waals surface area contributed by atoms with E-state index in [1.165, 1.54) is 11.8 Å². The Morgan fingerprint density at radius 2 is 2.19 bits per heavy atom. The molecule has 1 amide bonds. The van der Waals surface area contributed by atoms with Crippen molar-refractivity contribution in [2.24, 2.45) is 0 Å². The molecule has 116 valence electrons. The molecule has 1 aliphatic carbocycles. The second-order valence-corrected chi connectivity index (χ2v) is 6.69. The molecule has 0 aromatic carbocycles. The lowest BCUT2D eigenvalue weighted by Gasteiger charge is -2.25. The maximum absolute atomic E-state index is 11.9. The van der Waals surface area contributed by atoms with Crippen molar-refractivity contribution in [2.45, 2.75) is 56.3 Å². The molecule has 1 aromatic rings. The molecule has 1 saturated carbocycles. The zero-order valence-corrected chi connectivity index (χ0v) is 12.9. The molecule has 0 bridgehead atoms. The summed E-state index contributed by atoms with van der Waals surface area (Å²) in [7, 11) is 0. The summed E-state index contributed by atoms with van der Waals surface area (Å²) < 4.78 is 1.76. The van der Waals surface area contributed by atoms with E-state index in [0.717, 1.165) is 12.8 Å². The molecular formula is C12H19N5O3S. The number of aromatic nitrogens is 4. The van der Waals surface area contributed by atoms with E-state index in [2.05, 4.69) is 20.8 Å². The minimum absolute atomic E-state index is 0.0281. The van der Waals surface area contributed by atoms with E-state index in [-0.39, 0.29) is 18.1 Å². The van der Waals surface area contributed by atoms with Gasteiger partial charge in [-0.05, 0) is 43.5 Å². The average Bonchev–Trinajstić information content (AvgIpc) is 3.13. The number of rotatable bonds is 8. The third-order valence-electron chi connectivity index (χ3n) is 3.13. The van der Waals surface area contributed by atoms with Gasteiger partial charge < -0.3 is 10.4 Å². The van der Waals surface area contributed by atoms with Gasteiger partial charge in [0.25, 0.3) is 0 Å². The molecule has 1 aliphatic rings. The maximum atomic E-state index is 11.9. The van der Waals surface area contributed by atoms with Gasteiger partial charge in [0.2, 0.25) is 11.1 Å². The van der Waals surface area contributed by atoms with Crippen molar-refractivity contribution in [3.05, 3.63) is 0 Å². The van der Waals surface area contributed by atoms with Gasteiger partial charge in [-0.2, -0.15) is 0 Å². The van der Waals surface area contributed by atoms with Crippen LogP contribution in [0.25, 0.3) is 0 Å². The van der Waals surface area contributed by atoms with Gasteiger partial charge in [0.05, 0.1) is 11.8 Å². The molecule has 0 saturated heterocycles. The first-order chi connectivity index (χ1) is 9.87. The number of aliphatic carboxylic acids is 1. The monoisotopic (exact) mass is 313 g/mol. The van der Waals surface area contributed by atoms with Crippen LogP contribution in [0.2, 0.25) is 0 Å². The first-order valence-electron chi connectivity index (χ1n) is 6.81. The number of carbonyl (C=O) groups excluding carboxylic acids is 1. The zero-order chi connectivity index (χ0) is 15.5. The molecule has 0 atom stereocenters. The first kappa shape index (κ1) is 15.7. The van der Waals surface area contributed by atoms with Crippen molar-refractivity contribution in [3.63, 3.8) is 0 Å². The van der Waals surface area contributed by atoms with Crippen LogP contribution in [0.1, 0.15) is 45.6 Å². The zero-order valence-electron chi connectivity index (χ0n) is 12.1. The minimum atomic E-state index is -0.865. The lowest BCUT2D eigenvalue weighted by molar-refractivity contribution is -0.137. The van der Waals surface area contributed by atoms with Crippen molar-refractivity contribution < 1.29 is 14.7 Å². The van der Waals surface area contributed by atoms with Gasteiger partial charge in [-0.25, -0.2) is 4.68 Å². The summed E-state index contributed by atoms with van der Waals surface area (Å²) in [6.07, 6.45) is 2.57. The first-order valence-corrected chi connectivity index (χ1v) is 7.79. The fraction of sp³-hybridized carbons (Fsp3) is 0.750. The number of hydrogen-bond acceptors (Lipinski definition) is 6. The number of amides is 1. The normalized spacial score (nSPS) is 15.0.